The van der Waals surface area contributed by atoms with E-state index in [-0.39, 0.29) is 136 Å². The van der Waals surface area contributed by atoms with Crippen LogP contribution < -0.4 is 0 Å². The molecular weight excluding hydrogens is 1360 g/mol. The largest absolute Gasteiger partial charge is 0.392 e. The van der Waals surface area contributed by atoms with Gasteiger partial charge in [0.15, 0.2) is 28.9 Å². The Balaban J connectivity index is 0.000000126. The molecule has 0 heterocycles. The molecule has 0 aromatic rings. The van der Waals surface area contributed by atoms with Crippen molar-refractivity contribution in [2.45, 2.75) is 359 Å². The van der Waals surface area contributed by atoms with Gasteiger partial charge in [-0.2, -0.15) is 0 Å². The summed E-state index contributed by atoms with van der Waals surface area (Å²) in [5.41, 5.74) is -6.60. The molecule has 15 saturated carbocycles. The first-order valence-electron chi connectivity index (χ1n) is 57.9. The average molecular weight is 1540 g/mol. The molecule has 110 heavy (non-hydrogen) atoms. The van der Waals surface area contributed by atoms with E-state index in [1.54, 1.807) is 32.9 Å². The van der Waals surface area contributed by atoms with Gasteiger partial charge < -0.3 is 25.5 Å². The summed E-state index contributed by atoms with van der Waals surface area (Å²) in [6.07, 6.45) is 6.55. The summed E-state index contributed by atoms with van der Waals surface area (Å²) in [5, 5.41) is 54.5. The predicted molar refractivity (Wildman–Crippen MR) is 436 cm³/mol. The van der Waals surface area contributed by atoms with Crippen molar-refractivity contribution in [2.75, 3.05) is 0 Å². The van der Waals surface area contributed by atoms with Crippen LogP contribution in [0.25, 0.3) is 0 Å². The highest BCUT2D eigenvalue weighted by Gasteiger charge is 2.67. The highest BCUT2D eigenvalue weighted by atomic mass is 16.3. The molecule has 20 aliphatic carbocycles. The average Bonchev–Trinajstić information content (AvgIpc) is 1.67. The second-order valence-corrected chi connectivity index (χ2v) is 41.3. The lowest BCUT2D eigenvalue weighted by Gasteiger charge is -2.57. The molecule has 5 N–H and O–H groups in total. The number of allylic oxidation sites excluding steroid dienone is 5. The van der Waals surface area contributed by atoms with Crippen LogP contribution in [0, 0.1) is 172 Å². The monoisotopic (exact) mass is 1540 g/mol. The number of carbonyl (C=O) groups excluding carboxylic acids is 5. The van der Waals surface area contributed by atoms with Gasteiger partial charge in [0, 0.05) is 67.7 Å². The number of hydrogen-bond donors (Lipinski definition) is 5. The zero-order valence-electron chi connectivity index (χ0n) is 96.5. The number of ketones is 5. The van der Waals surface area contributed by atoms with Gasteiger partial charge >= 0.3 is 0 Å². The quantitative estimate of drug-likeness (QED) is 0.156. The SMILES string of the molecule is [2H]C1(C)C[C@H]2[C@@H]3CCC4=CC(=O)CC[C@]4(C([2H])([2H])[2H])[C@H]3CC[C@]2(C)[C@@]1([2H])O.[2H]C1(C)C[C@H]2[C@@H]3CCC4=CC(=O)CC[C@]4(C([2H])([2H])[2H])[C@H]3CC[C@]2(C)[C@H]1O.[2H]C1=C2C([2H])([2H])C[C@H]3[C@@H]4CC(C)[C@H](O)[C@@]4(C)CC[C@@H]3[C@@]2(C([2H])([2H])[2H])CC([2H])([2H])C1=O.[2H]C1C(=O)C=C2CC[C@H]3[C@@H]4CC([2H])(C)[C@H](O)[C@@]4(C)CC[C@@H]3[C@@]2(C([2H])([2H])[2H])C1[2H].[2H]C1CC(=O)C=C2CC[C@@H]3[C@H](CC[C@@]4(C)[C@H]3CC([2H])(C)[C@]4([2H])O)[C@]21C([2H])([2H])[2H]. The maximum Gasteiger partial charge on any atom is 0.155 e. The van der Waals surface area contributed by atoms with Crippen LogP contribution in [0.5, 0.6) is 0 Å². The van der Waals surface area contributed by atoms with Gasteiger partial charge in [0.1, 0.15) is 0 Å². The van der Waals surface area contributed by atoms with Gasteiger partial charge in [-0.3, -0.25) is 24.0 Å². The van der Waals surface area contributed by atoms with Crippen LogP contribution in [-0.2, 0) is 24.0 Å². The van der Waals surface area contributed by atoms with Gasteiger partial charge in [-0.15, -0.1) is 0 Å². The maximum atomic E-state index is 12.5. The minimum absolute atomic E-state index is 0.00316. The van der Waals surface area contributed by atoms with Crippen LogP contribution >= 0.6 is 0 Å². The van der Waals surface area contributed by atoms with Crippen LogP contribution in [-0.4, -0.2) is 84.9 Å². The van der Waals surface area contributed by atoms with E-state index in [0.29, 0.717) is 146 Å². The van der Waals surface area contributed by atoms with Crippen molar-refractivity contribution in [3.05, 3.63) is 58.2 Å². The van der Waals surface area contributed by atoms with E-state index in [1.807, 2.05) is 41.5 Å². The smallest absolute Gasteiger partial charge is 0.155 e. The fourth-order valence-corrected chi connectivity index (χ4v) is 30.2. The molecule has 0 aromatic heterocycles. The first-order valence-corrected chi connectivity index (χ1v) is 43.2. The minimum atomic E-state index is -2.75. The molecule has 0 aliphatic heterocycles. The molecule has 20 rings (SSSR count). The van der Waals surface area contributed by atoms with Crippen molar-refractivity contribution in [3.8, 4) is 0 Å². The Kier molecular flexibility index (Phi) is 13.7. The first-order chi connectivity index (χ1) is 63.2. The Hall–Kier alpha value is -3.15. The highest BCUT2D eigenvalue weighted by molar-refractivity contribution is 5.93. The molecule has 10 nitrogen and oxygen atoms in total. The molecule has 38 atom stereocenters. The third kappa shape index (κ3) is 12.4. The van der Waals surface area contributed by atoms with Gasteiger partial charge in [0.2, 0.25) is 0 Å². The number of aliphatic hydroxyl groups is 5. The molecule has 0 spiro atoms. The van der Waals surface area contributed by atoms with Crippen LogP contribution in [0.15, 0.2) is 58.2 Å². The zero-order chi connectivity index (χ0) is 104. The van der Waals surface area contributed by atoms with E-state index >= 15 is 0 Å². The van der Waals surface area contributed by atoms with E-state index in [2.05, 4.69) is 6.92 Å². The lowest BCUT2D eigenvalue weighted by molar-refractivity contribution is -0.118. The Labute approximate surface area is 705 Å². The predicted octanol–water partition coefficient (Wildman–Crippen LogP) is 20.6. The van der Waals surface area contributed by atoms with Gasteiger partial charge in [-0.1, -0.05) is 131 Å². The number of aliphatic hydroxyl groups excluding tert-OH is 3. The summed E-state index contributed by atoms with van der Waals surface area (Å²) in [5.74, 6) is -7.30. The standard InChI is InChI=1S/5C20H30O2/c5*1-12-10-17-15-5-4-13-11-14(21)6-8-19(13,2)16(15)7-9-20(17,3)18(12)22/h5*11-12,15-18,22H,4-10H2,1-3H3/t5*12?,15-,16+,17+,18+,19+,20+/m11111/s1/i2D3,8D,12D,18D;2D3,6D,8D,12D;2D3,4D2,6D2,11D;2D3,12D,18D;2D3,12D/t8?,12?,15-,16+,17+,18+,19+,20+;6?,8?,12?,15-,16+,17+,18+,19+,20+;3m. The molecular formula is C100H150O10. The van der Waals surface area contributed by atoms with Crippen molar-refractivity contribution in [2.24, 2.45) is 172 Å². The van der Waals surface area contributed by atoms with Gasteiger partial charge in [0.25, 0.3) is 0 Å². The zero-order valence-corrected chi connectivity index (χ0v) is 67.5. The fourth-order valence-electron chi connectivity index (χ4n) is 30.2. The molecule has 0 aromatic carbocycles. The molecule has 15 fully saturated rings. The Bertz CT molecular complexity index is 5090. The molecule has 10 heteroatoms. The molecule has 8 unspecified atom stereocenters. The molecule has 0 radical (unpaired) electrons. The molecule has 0 amide bonds. The maximum absolute atomic E-state index is 12.5. The Morgan fingerprint density at radius 1 is 0.336 bits per heavy atom. The number of carbonyl (C=O) groups is 5. The van der Waals surface area contributed by atoms with Crippen molar-refractivity contribution in [3.63, 3.8) is 0 Å². The lowest BCUT2D eigenvalue weighted by atomic mass is 9.47. The molecule has 20 aliphatic rings. The Morgan fingerprint density at radius 3 is 1.11 bits per heavy atom. The summed E-state index contributed by atoms with van der Waals surface area (Å²) >= 11 is 0. The van der Waals surface area contributed by atoms with E-state index < -0.39 is 199 Å². The third-order valence-electron chi connectivity index (χ3n) is 36.3. The Morgan fingerprint density at radius 2 is 0.673 bits per heavy atom. The first kappa shape index (κ1) is 52.6. The van der Waals surface area contributed by atoms with Crippen LogP contribution in [0.2, 0.25) is 0 Å². The van der Waals surface area contributed by atoms with E-state index in [1.165, 1.54) is 12.2 Å². The van der Waals surface area contributed by atoms with E-state index in [0.717, 1.165) is 43.3 Å². The van der Waals surface area contributed by atoms with Crippen molar-refractivity contribution in [1.82, 2.24) is 0 Å². The van der Waals surface area contributed by atoms with E-state index in [9.17, 15) is 49.5 Å². The fraction of sp³-hybridized carbons (Fsp3) is 0.850. The normalized spacial score (nSPS) is 65.7. The second kappa shape index (κ2) is 28.6. The minimum Gasteiger partial charge on any atom is -0.392 e. The second-order valence-electron chi connectivity index (χ2n) is 41.3. The summed E-state index contributed by atoms with van der Waals surface area (Å²) in [7, 11) is 0. The van der Waals surface area contributed by atoms with Crippen LogP contribution in [0.4, 0.5) is 0 Å². The van der Waals surface area contributed by atoms with Crippen molar-refractivity contribution >= 4 is 28.9 Å². The van der Waals surface area contributed by atoms with Crippen molar-refractivity contribution < 1.29 is 89.3 Å². The van der Waals surface area contributed by atoms with Gasteiger partial charge in [-0.25, -0.2) is 0 Å². The van der Waals surface area contributed by atoms with E-state index in [4.69, 9.17) is 39.8 Å². The number of rotatable bonds is 0. The van der Waals surface area contributed by atoms with Crippen LogP contribution in [0.1, 0.15) is 368 Å². The molecule has 610 valence electrons. The van der Waals surface area contributed by atoms with Crippen LogP contribution in [0.3, 0.4) is 0 Å². The lowest BCUT2D eigenvalue weighted by Crippen LogP contribution is -2.51. The van der Waals surface area contributed by atoms with Gasteiger partial charge in [-0.05, 0) is 395 Å². The summed E-state index contributed by atoms with van der Waals surface area (Å²) in [6.45, 7) is 6.87. The number of fused-ring (bicyclic) bond motifs is 25. The van der Waals surface area contributed by atoms with Gasteiger partial charge in [0.05, 0.1) is 34.6 Å². The highest BCUT2D eigenvalue weighted by Crippen LogP contribution is 2.73. The summed E-state index contributed by atoms with van der Waals surface area (Å²) < 4.78 is 245. The number of hydrogen-bond acceptors (Lipinski definition) is 10. The topological polar surface area (TPSA) is 186 Å². The third-order valence-corrected chi connectivity index (χ3v) is 36.3. The summed E-state index contributed by atoms with van der Waals surface area (Å²) in [4.78, 5) is 60.9. The molecule has 0 bridgehead atoms. The summed E-state index contributed by atoms with van der Waals surface area (Å²) in [6, 6.07) is -0.793. The molecule has 0 saturated heterocycles. The van der Waals surface area contributed by atoms with Crippen molar-refractivity contribution in [1.29, 1.82) is 0 Å².